The SMILES string of the molecule is C=CCCOc1ccc(-c2ccc(-c3ccc(C4CCC(C)OC4)cc3F)cc2)c(F)c1F. The molecule has 1 aliphatic rings. The van der Waals surface area contributed by atoms with Crippen molar-refractivity contribution in [3.05, 3.63) is 90.3 Å². The van der Waals surface area contributed by atoms with E-state index in [1.165, 1.54) is 12.1 Å². The summed E-state index contributed by atoms with van der Waals surface area (Å²) in [5, 5.41) is 0. The van der Waals surface area contributed by atoms with Gasteiger partial charge < -0.3 is 9.47 Å². The first kappa shape index (κ1) is 23.1. The van der Waals surface area contributed by atoms with E-state index >= 15 is 0 Å². The van der Waals surface area contributed by atoms with Crippen molar-refractivity contribution in [3.8, 4) is 28.0 Å². The van der Waals surface area contributed by atoms with E-state index < -0.39 is 11.6 Å². The van der Waals surface area contributed by atoms with Crippen LogP contribution in [0.2, 0.25) is 0 Å². The molecule has 172 valence electrons. The zero-order chi connectivity index (χ0) is 23.4. The van der Waals surface area contributed by atoms with Crippen molar-refractivity contribution in [2.75, 3.05) is 13.2 Å². The highest BCUT2D eigenvalue weighted by atomic mass is 19.2. The first-order valence-electron chi connectivity index (χ1n) is 11.2. The minimum absolute atomic E-state index is 0.123. The van der Waals surface area contributed by atoms with Crippen molar-refractivity contribution >= 4 is 0 Å². The zero-order valence-corrected chi connectivity index (χ0v) is 18.6. The maximum absolute atomic E-state index is 14.9. The molecule has 2 nitrogen and oxygen atoms in total. The summed E-state index contributed by atoms with van der Waals surface area (Å²) in [7, 11) is 0. The van der Waals surface area contributed by atoms with Crippen molar-refractivity contribution < 1.29 is 22.6 Å². The van der Waals surface area contributed by atoms with Gasteiger partial charge >= 0.3 is 0 Å². The van der Waals surface area contributed by atoms with Crippen molar-refractivity contribution in [2.45, 2.75) is 38.2 Å². The van der Waals surface area contributed by atoms with Crippen LogP contribution in [-0.2, 0) is 4.74 Å². The van der Waals surface area contributed by atoms with E-state index in [-0.39, 0.29) is 35.8 Å². The Bertz CT molecular complexity index is 1120. The molecule has 0 bridgehead atoms. The second-order valence-electron chi connectivity index (χ2n) is 8.40. The van der Waals surface area contributed by atoms with E-state index in [0.717, 1.165) is 18.4 Å². The molecule has 0 radical (unpaired) electrons. The molecule has 2 atom stereocenters. The van der Waals surface area contributed by atoms with Gasteiger partial charge in [0.25, 0.3) is 0 Å². The number of benzene rings is 3. The number of halogens is 3. The van der Waals surface area contributed by atoms with Crippen LogP contribution in [0.3, 0.4) is 0 Å². The third kappa shape index (κ3) is 5.14. The monoisotopic (exact) mass is 452 g/mol. The summed E-state index contributed by atoms with van der Waals surface area (Å²) >= 11 is 0. The molecule has 33 heavy (non-hydrogen) atoms. The molecule has 0 spiro atoms. The second kappa shape index (κ2) is 10.3. The fraction of sp³-hybridized carbons (Fsp3) is 0.286. The Kier molecular flexibility index (Phi) is 7.19. The molecule has 5 heteroatoms. The van der Waals surface area contributed by atoms with E-state index in [1.807, 2.05) is 6.07 Å². The summed E-state index contributed by atoms with van der Waals surface area (Å²) in [4.78, 5) is 0. The molecule has 2 unspecified atom stereocenters. The number of hydrogen-bond acceptors (Lipinski definition) is 2. The Labute approximate surface area is 192 Å². The average Bonchev–Trinajstić information content (AvgIpc) is 2.83. The van der Waals surface area contributed by atoms with Crippen molar-refractivity contribution in [1.82, 2.24) is 0 Å². The third-order valence-electron chi connectivity index (χ3n) is 6.10. The largest absolute Gasteiger partial charge is 0.490 e. The smallest absolute Gasteiger partial charge is 0.201 e. The second-order valence-corrected chi connectivity index (χ2v) is 8.40. The zero-order valence-electron chi connectivity index (χ0n) is 18.6. The van der Waals surface area contributed by atoms with Crippen LogP contribution in [0.4, 0.5) is 13.2 Å². The summed E-state index contributed by atoms with van der Waals surface area (Å²) < 4.78 is 54.9. The topological polar surface area (TPSA) is 18.5 Å². The fourth-order valence-corrected chi connectivity index (χ4v) is 4.11. The van der Waals surface area contributed by atoms with Gasteiger partial charge in [0.1, 0.15) is 5.82 Å². The molecule has 1 fully saturated rings. The average molecular weight is 453 g/mol. The van der Waals surface area contributed by atoms with E-state index in [2.05, 4.69) is 13.5 Å². The van der Waals surface area contributed by atoms with Gasteiger partial charge in [0, 0.05) is 17.0 Å². The molecule has 1 heterocycles. The lowest BCUT2D eigenvalue weighted by atomic mass is 9.90. The predicted molar refractivity (Wildman–Crippen MR) is 125 cm³/mol. The van der Waals surface area contributed by atoms with Gasteiger partial charge in [0.2, 0.25) is 5.82 Å². The lowest BCUT2D eigenvalue weighted by Gasteiger charge is -2.27. The van der Waals surface area contributed by atoms with Crippen molar-refractivity contribution in [2.24, 2.45) is 0 Å². The Hall–Kier alpha value is -3.05. The van der Waals surface area contributed by atoms with Crippen LogP contribution in [0, 0.1) is 17.5 Å². The van der Waals surface area contributed by atoms with Crippen LogP contribution in [0.25, 0.3) is 22.3 Å². The van der Waals surface area contributed by atoms with E-state index in [9.17, 15) is 13.2 Å². The van der Waals surface area contributed by atoms with Gasteiger partial charge in [-0.15, -0.1) is 6.58 Å². The predicted octanol–water partition coefficient (Wildman–Crippen LogP) is 7.68. The molecule has 1 saturated heterocycles. The molecular formula is C28H27F3O2. The molecular weight excluding hydrogens is 425 g/mol. The van der Waals surface area contributed by atoms with E-state index in [4.69, 9.17) is 9.47 Å². The standard InChI is InChI=1S/C28H27F3O2/c1-3-4-15-32-26-14-13-24(27(30)28(26)31)20-9-7-19(8-10-20)23-12-11-21(16-25(23)29)22-6-5-18(2)33-17-22/h3,7-14,16,18,22H,1,4-6,15,17H2,2H3. The Balaban J connectivity index is 1.53. The summed E-state index contributed by atoms with van der Waals surface area (Å²) in [6.45, 7) is 6.46. The number of ether oxygens (including phenoxy) is 2. The van der Waals surface area contributed by atoms with Crippen LogP contribution in [0.15, 0.2) is 67.3 Å². The molecule has 0 aromatic heterocycles. The molecule has 4 rings (SSSR count). The molecule has 0 amide bonds. The normalized spacial score (nSPS) is 18.2. The summed E-state index contributed by atoms with van der Waals surface area (Å²) in [5.74, 6) is -2.23. The summed E-state index contributed by atoms with van der Waals surface area (Å²) in [6, 6.07) is 14.9. The molecule has 1 aliphatic heterocycles. The number of rotatable bonds is 7. The van der Waals surface area contributed by atoms with Crippen LogP contribution >= 0.6 is 0 Å². The van der Waals surface area contributed by atoms with E-state index in [1.54, 1.807) is 42.5 Å². The lowest BCUT2D eigenvalue weighted by molar-refractivity contribution is 0.0154. The first-order valence-corrected chi connectivity index (χ1v) is 11.2. The van der Waals surface area contributed by atoms with Crippen LogP contribution in [0.1, 0.15) is 37.7 Å². The van der Waals surface area contributed by atoms with Gasteiger partial charge in [0.15, 0.2) is 11.6 Å². The lowest BCUT2D eigenvalue weighted by Crippen LogP contribution is -2.22. The van der Waals surface area contributed by atoms with Crippen molar-refractivity contribution in [3.63, 3.8) is 0 Å². The quantitative estimate of drug-likeness (QED) is 0.270. The third-order valence-corrected chi connectivity index (χ3v) is 6.10. The molecule has 0 N–H and O–H groups in total. The molecule has 3 aromatic rings. The Morgan fingerprint density at radius 1 is 0.939 bits per heavy atom. The van der Waals surface area contributed by atoms with Gasteiger partial charge in [-0.3, -0.25) is 0 Å². The van der Waals surface area contributed by atoms with Gasteiger partial charge in [-0.05, 0) is 61.1 Å². The van der Waals surface area contributed by atoms with Gasteiger partial charge in [-0.1, -0.05) is 42.5 Å². The Morgan fingerprint density at radius 3 is 2.27 bits per heavy atom. The van der Waals surface area contributed by atoms with Gasteiger partial charge in [-0.25, -0.2) is 8.78 Å². The summed E-state index contributed by atoms with van der Waals surface area (Å²) in [6.07, 6.45) is 4.38. The van der Waals surface area contributed by atoms with Gasteiger partial charge in [0.05, 0.1) is 19.3 Å². The van der Waals surface area contributed by atoms with Crippen LogP contribution < -0.4 is 4.74 Å². The minimum Gasteiger partial charge on any atom is -0.490 e. The minimum atomic E-state index is -1.02. The molecule has 3 aromatic carbocycles. The summed E-state index contributed by atoms with van der Waals surface area (Å²) in [5.41, 5.74) is 2.69. The highest BCUT2D eigenvalue weighted by molar-refractivity contribution is 5.71. The van der Waals surface area contributed by atoms with Crippen LogP contribution in [-0.4, -0.2) is 19.3 Å². The highest BCUT2D eigenvalue weighted by Gasteiger charge is 2.21. The maximum Gasteiger partial charge on any atom is 0.201 e. The highest BCUT2D eigenvalue weighted by Crippen LogP contribution is 2.34. The fourth-order valence-electron chi connectivity index (χ4n) is 4.11. The molecule has 0 saturated carbocycles. The first-order chi connectivity index (χ1) is 16.0. The van der Waals surface area contributed by atoms with Gasteiger partial charge in [-0.2, -0.15) is 4.39 Å². The maximum atomic E-state index is 14.9. The number of hydrogen-bond donors (Lipinski definition) is 0. The molecule has 0 aliphatic carbocycles. The van der Waals surface area contributed by atoms with Crippen molar-refractivity contribution in [1.29, 1.82) is 0 Å². The Morgan fingerprint density at radius 2 is 1.64 bits per heavy atom. The van der Waals surface area contributed by atoms with E-state index in [0.29, 0.717) is 29.7 Å². The van der Waals surface area contributed by atoms with Crippen LogP contribution in [0.5, 0.6) is 5.75 Å².